The van der Waals surface area contributed by atoms with E-state index in [0.717, 1.165) is 0 Å². The first-order valence-corrected chi connectivity index (χ1v) is 10.0. The van der Waals surface area contributed by atoms with Crippen molar-refractivity contribution in [1.82, 2.24) is 10.6 Å². The lowest BCUT2D eigenvalue weighted by atomic mass is 9.87. The van der Waals surface area contributed by atoms with Crippen LogP contribution in [0.25, 0.3) is 0 Å². The Kier molecular flexibility index (Phi) is 6.10. The summed E-state index contributed by atoms with van der Waals surface area (Å²) in [4.78, 5) is 33.3. The summed E-state index contributed by atoms with van der Waals surface area (Å²) in [6.07, 6.45) is 1.65. The number of amides is 2. The molecule has 10 nitrogen and oxygen atoms in total. The fourth-order valence-corrected chi connectivity index (χ4v) is 4.87. The third-order valence-corrected chi connectivity index (χ3v) is 5.92. The third-order valence-electron chi connectivity index (χ3n) is 4.53. The van der Waals surface area contributed by atoms with Crippen LogP contribution in [0, 0.1) is 0 Å². The zero-order valence-electron chi connectivity index (χ0n) is 14.9. The van der Waals surface area contributed by atoms with Gasteiger partial charge < -0.3 is 25.7 Å². The highest BCUT2D eigenvalue weighted by Gasteiger charge is 2.50. The number of carbonyl (C=O) groups excluding carboxylic acids is 2. The second-order valence-electron chi connectivity index (χ2n) is 6.45. The number of oxime groups is 1. The lowest BCUT2D eigenvalue weighted by molar-refractivity contribution is -0.120. The third kappa shape index (κ3) is 3.94. The van der Waals surface area contributed by atoms with Gasteiger partial charge in [-0.3, -0.25) is 14.9 Å². The second kappa shape index (κ2) is 8.21. The van der Waals surface area contributed by atoms with Gasteiger partial charge in [0.1, 0.15) is 23.6 Å². The standard InChI is InChI=1S/C16H19Br2N5O5/c1-27-11-7(17)5-16(12(24)10(11)18)6-9(23-28-16)13(25)20-4-2-3-8-14(26)22-15(19)21-8/h5,8,12,24H,2-4,6H2,1H3,(H,20,25)(H3,19,21,22,26). The number of nitrogens with one attached hydrogen (secondary N) is 2. The first kappa shape index (κ1) is 20.8. The first-order valence-electron chi connectivity index (χ1n) is 8.45. The molecule has 3 aliphatic rings. The van der Waals surface area contributed by atoms with Gasteiger partial charge >= 0.3 is 0 Å². The maximum absolute atomic E-state index is 12.4. The van der Waals surface area contributed by atoms with E-state index in [9.17, 15) is 14.7 Å². The summed E-state index contributed by atoms with van der Waals surface area (Å²) in [6.45, 7) is 0.337. The van der Waals surface area contributed by atoms with Gasteiger partial charge in [-0.05, 0) is 50.8 Å². The van der Waals surface area contributed by atoms with Crippen molar-refractivity contribution in [3.63, 3.8) is 0 Å². The normalized spacial score (nSPS) is 29.1. The molecule has 12 heteroatoms. The van der Waals surface area contributed by atoms with Gasteiger partial charge in [-0.15, -0.1) is 0 Å². The predicted octanol–water partition coefficient (Wildman–Crippen LogP) is 0.117. The van der Waals surface area contributed by atoms with Gasteiger partial charge in [0.25, 0.3) is 11.8 Å². The Bertz CT molecular complexity index is 824. The lowest BCUT2D eigenvalue weighted by Crippen LogP contribution is -2.45. The van der Waals surface area contributed by atoms with Gasteiger partial charge in [-0.2, -0.15) is 0 Å². The van der Waals surface area contributed by atoms with Gasteiger partial charge in [0.2, 0.25) is 0 Å². The summed E-state index contributed by atoms with van der Waals surface area (Å²) in [5.41, 5.74) is 4.41. The minimum atomic E-state index is -1.19. The van der Waals surface area contributed by atoms with E-state index in [1.165, 1.54) is 7.11 Å². The highest BCUT2D eigenvalue weighted by Crippen LogP contribution is 2.43. The molecule has 0 saturated carbocycles. The Balaban J connectivity index is 1.52. The van der Waals surface area contributed by atoms with Crippen LogP contribution in [0.5, 0.6) is 0 Å². The maximum atomic E-state index is 12.4. The maximum Gasteiger partial charge on any atom is 0.269 e. The van der Waals surface area contributed by atoms with Crippen LogP contribution in [0.3, 0.4) is 0 Å². The number of nitrogens with two attached hydrogens (primary N) is 1. The molecule has 0 aromatic rings. The Hall–Kier alpha value is -1.92. The molecule has 2 heterocycles. The zero-order chi connectivity index (χ0) is 20.5. The molecule has 5 N–H and O–H groups in total. The first-order chi connectivity index (χ1) is 13.3. The molecule has 3 unspecified atom stereocenters. The number of nitrogens with zero attached hydrogens (tertiary/aromatic N) is 2. The molecule has 0 radical (unpaired) electrons. The van der Waals surface area contributed by atoms with Crippen molar-refractivity contribution in [2.24, 2.45) is 15.9 Å². The molecule has 2 amide bonds. The summed E-state index contributed by atoms with van der Waals surface area (Å²) >= 11 is 6.68. The summed E-state index contributed by atoms with van der Waals surface area (Å²) < 4.78 is 6.21. The number of rotatable bonds is 6. The summed E-state index contributed by atoms with van der Waals surface area (Å²) in [6, 6.07) is -0.522. The minimum absolute atomic E-state index is 0.0903. The number of hydrogen-bond acceptors (Lipinski definition) is 8. The number of carbonyl (C=O) groups is 2. The van der Waals surface area contributed by atoms with Crippen LogP contribution >= 0.6 is 31.9 Å². The fraction of sp³-hybridized carbons (Fsp3) is 0.500. The molecule has 0 saturated heterocycles. The monoisotopic (exact) mass is 519 g/mol. The van der Waals surface area contributed by atoms with E-state index < -0.39 is 23.7 Å². The Morgan fingerprint density at radius 3 is 2.96 bits per heavy atom. The quantitative estimate of drug-likeness (QED) is 0.365. The van der Waals surface area contributed by atoms with Gasteiger partial charge in [0.05, 0.1) is 16.1 Å². The number of aliphatic hydroxyl groups excluding tert-OH is 1. The molecule has 0 aromatic heterocycles. The minimum Gasteiger partial charge on any atom is -0.495 e. The number of halogens is 2. The van der Waals surface area contributed by atoms with Crippen LogP contribution in [0.2, 0.25) is 0 Å². The van der Waals surface area contributed by atoms with Crippen LogP contribution in [0.4, 0.5) is 0 Å². The molecule has 2 aliphatic heterocycles. The SMILES string of the molecule is COC1=C(Br)C(O)C2(C=C1Br)CC(C(=O)NCCCC1N=C(N)NC1=O)=NO2. The smallest absolute Gasteiger partial charge is 0.269 e. The van der Waals surface area contributed by atoms with Crippen LogP contribution < -0.4 is 16.4 Å². The topological polar surface area (TPSA) is 148 Å². The van der Waals surface area contributed by atoms with E-state index in [-0.39, 0.29) is 24.0 Å². The Morgan fingerprint density at radius 2 is 2.32 bits per heavy atom. The number of hydrogen-bond donors (Lipinski definition) is 4. The van der Waals surface area contributed by atoms with Crippen molar-refractivity contribution in [3.05, 3.63) is 20.8 Å². The molecule has 3 atom stereocenters. The molecule has 3 rings (SSSR count). The Labute approximate surface area is 177 Å². The van der Waals surface area contributed by atoms with Crippen LogP contribution in [0.15, 0.2) is 30.9 Å². The number of methoxy groups -OCH3 is 1. The number of allylic oxidation sites excluding steroid dienone is 1. The van der Waals surface area contributed by atoms with Gasteiger partial charge in [0, 0.05) is 13.0 Å². The summed E-state index contributed by atoms with van der Waals surface area (Å²) in [7, 11) is 1.48. The van der Waals surface area contributed by atoms with Crippen molar-refractivity contribution in [2.45, 2.75) is 37.0 Å². The molecule has 28 heavy (non-hydrogen) atoms. The highest BCUT2D eigenvalue weighted by molar-refractivity contribution is 9.12. The number of aliphatic imine (C=N–C) groups is 1. The molecule has 0 fully saturated rings. The van der Waals surface area contributed by atoms with Gasteiger partial charge in [0.15, 0.2) is 11.6 Å². The van der Waals surface area contributed by atoms with Crippen molar-refractivity contribution < 1.29 is 24.3 Å². The van der Waals surface area contributed by atoms with Crippen molar-refractivity contribution >= 4 is 55.3 Å². The average Bonchev–Trinajstić information content (AvgIpc) is 3.21. The number of aliphatic hydroxyl groups is 1. The van der Waals surface area contributed by atoms with E-state index in [4.69, 9.17) is 15.3 Å². The number of ether oxygens (including phenoxy) is 1. The van der Waals surface area contributed by atoms with E-state index in [1.54, 1.807) is 6.08 Å². The van der Waals surface area contributed by atoms with Gasteiger partial charge in [-0.25, -0.2) is 4.99 Å². The van der Waals surface area contributed by atoms with E-state index >= 15 is 0 Å². The van der Waals surface area contributed by atoms with Crippen molar-refractivity contribution in [2.75, 3.05) is 13.7 Å². The molecule has 0 bridgehead atoms. The van der Waals surface area contributed by atoms with Crippen LogP contribution in [-0.2, 0) is 19.2 Å². The van der Waals surface area contributed by atoms with Crippen LogP contribution in [-0.4, -0.2) is 60.0 Å². The summed E-state index contributed by atoms with van der Waals surface area (Å²) in [5, 5.41) is 19.6. The fourth-order valence-electron chi connectivity index (χ4n) is 3.08. The molecular formula is C16H19Br2N5O5. The van der Waals surface area contributed by atoms with Crippen molar-refractivity contribution in [3.8, 4) is 0 Å². The molecular weight excluding hydrogens is 502 g/mol. The van der Waals surface area contributed by atoms with Crippen LogP contribution in [0.1, 0.15) is 19.3 Å². The molecule has 0 aromatic carbocycles. The van der Waals surface area contributed by atoms with E-state index in [0.29, 0.717) is 34.1 Å². The largest absolute Gasteiger partial charge is 0.495 e. The lowest BCUT2D eigenvalue weighted by Gasteiger charge is -2.33. The van der Waals surface area contributed by atoms with E-state index in [2.05, 4.69) is 52.6 Å². The molecule has 1 aliphatic carbocycles. The predicted molar refractivity (Wildman–Crippen MR) is 108 cm³/mol. The average molecular weight is 521 g/mol. The Morgan fingerprint density at radius 1 is 1.57 bits per heavy atom. The molecule has 152 valence electrons. The summed E-state index contributed by atoms with van der Waals surface area (Å²) in [5.74, 6) is -0.0788. The van der Waals surface area contributed by atoms with E-state index in [1.807, 2.05) is 0 Å². The number of guanidine groups is 1. The van der Waals surface area contributed by atoms with Crippen molar-refractivity contribution in [1.29, 1.82) is 0 Å². The molecule has 1 spiro atoms. The highest BCUT2D eigenvalue weighted by atomic mass is 79.9. The second-order valence-corrected chi connectivity index (χ2v) is 8.16. The zero-order valence-corrected chi connectivity index (χ0v) is 18.0. The van der Waals surface area contributed by atoms with Gasteiger partial charge in [-0.1, -0.05) is 5.16 Å².